The first-order valence-corrected chi connectivity index (χ1v) is 14.0. The third-order valence-electron chi connectivity index (χ3n) is 7.55. The minimum Gasteiger partial charge on any atom is -0.344 e. The maximum atomic E-state index is 6.54. The van der Waals surface area contributed by atoms with E-state index in [4.69, 9.17) is 18.9 Å². The minimum atomic E-state index is -0.470. The van der Waals surface area contributed by atoms with E-state index in [9.17, 15) is 0 Å². The van der Waals surface area contributed by atoms with E-state index < -0.39 is 11.6 Å². The molecule has 0 saturated carbocycles. The second-order valence-corrected chi connectivity index (χ2v) is 15.8. The highest BCUT2D eigenvalue weighted by atomic mass is 31.1. The maximum Gasteiger partial charge on any atom is 0.163 e. The largest absolute Gasteiger partial charge is 0.344 e. The van der Waals surface area contributed by atoms with Gasteiger partial charge in [-0.3, -0.25) is 0 Å². The molecule has 6 rings (SSSR count). The number of benzene rings is 1. The van der Waals surface area contributed by atoms with Crippen LogP contribution in [0.5, 0.6) is 0 Å². The van der Waals surface area contributed by atoms with Crippen LogP contribution in [0, 0.1) is 0 Å². The topological polar surface area (TPSA) is 36.9 Å². The van der Waals surface area contributed by atoms with E-state index in [1.165, 1.54) is 6.42 Å². The van der Waals surface area contributed by atoms with E-state index >= 15 is 0 Å². The highest BCUT2D eigenvalue weighted by molar-refractivity contribution is 7.74. The lowest BCUT2D eigenvalue weighted by Crippen LogP contribution is -2.35. The van der Waals surface area contributed by atoms with Gasteiger partial charge in [-0.1, -0.05) is 54.0 Å². The van der Waals surface area contributed by atoms with Crippen molar-refractivity contribution < 1.29 is 18.9 Å². The van der Waals surface area contributed by atoms with E-state index in [0.717, 1.165) is 0 Å². The van der Waals surface area contributed by atoms with Crippen LogP contribution in [-0.4, -0.2) is 58.6 Å². The van der Waals surface area contributed by atoms with Crippen LogP contribution in [0.1, 0.15) is 48.0 Å². The van der Waals surface area contributed by atoms with E-state index in [1.54, 1.807) is 10.6 Å². The Labute approximate surface area is 176 Å². The molecule has 1 aromatic carbocycles. The smallest absolute Gasteiger partial charge is 0.163 e. The molecule has 4 saturated heterocycles. The van der Waals surface area contributed by atoms with E-state index in [-0.39, 0.29) is 40.3 Å². The zero-order chi connectivity index (χ0) is 20.3. The molecule has 10 atom stereocenters. The average Bonchev–Trinajstić information content (AvgIpc) is 3.24. The summed E-state index contributed by atoms with van der Waals surface area (Å²) in [6.45, 7) is 13.1. The average molecular weight is 434 g/mol. The van der Waals surface area contributed by atoms with Gasteiger partial charge in [-0.25, -0.2) is 0 Å². The SMILES string of the molecule is C[C@H]1[C@H]2OC(C)(C)O[C@@H]2[C@@H]2C[C@H]3[C@H]4OC(C)(C)O[C@@H]4[C@H](C)[P@]3c3ccccc3P12. The Bertz CT molecular complexity index is 775. The van der Waals surface area contributed by atoms with Gasteiger partial charge in [0.15, 0.2) is 11.6 Å². The van der Waals surface area contributed by atoms with Crippen molar-refractivity contribution in [2.75, 3.05) is 0 Å². The second-order valence-electron chi connectivity index (χ2n) is 10.3. The van der Waals surface area contributed by atoms with Crippen molar-refractivity contribution in [1.82, 2.24) is 0 Å². The molecule has 6 heteroatoms. The Balaban J connectivity index is 1.47. The number of rotatable bonds is 0. The van der Waals surface area contributed by atoms with Crippen molar-refractivity contribution in [2.45, 2.75) is 107 Å². The van der Waals surface area contributed by atoms with Gasteiger partial charge in [0.25, 0.3) is 0 Å². The standard InChI is InChI=1S/C23H32O4P2/c1-12-18-20(26-22(3,4)24-18)16-11-17-21-19(25-23(5,6)27-21)13(2)29(17)15-10-8-7-9-14(15)28(12)16/h7-10,12-13,16-21H,11H2,1-6H3/t12-,13-,16-,17-,18+,19+,20+,21+,28+,29?/m0/s1. The van der Waals surface area contributed by atoms with E-state index in [1.807, 2.05) is 0 Å². The Morgan fingerprint density at radius 1 is 0.690 bits per heavy atom. The van der Waals surface area contributed by atoms with Gasteiger partial charge in [0.05, 0.1) is 24.4 Å². The lowest BCUT2D eigenvalue weighted by Gasteiger charge is -2.30. The van der Waals surface area contributed by atoms with Crippen molar-refractivity contribution in [3.63, 3.8) is 0 Å². The lowest BCUT2D eigenvalue weighted by atomic mass is 10.0. The summed E-state index contributed by atoms with van der Waals surface area (Å²) in [5.74, 6) is -0.940. The minimum absolute atomic E-state index is 0.207. The fourth-order valence-electron chi connectivity index (χ4n) is 6.65. The van der Waals surface area contributed by atoms with Gasteiger partial charge in [0, 0.05) is 22.6 Å². The quantitative estimate of drug-likeness (QED) is 0.581. The third kappa shape index (κ3) is 2.73. The fraction of sp³-hybridized carbons (Fsp3) is 0.739. The fourth-order valence-corrected chi connectivity index (χ4v) is 14.6. The Kier molecular flexibility index (Phi) is 4.22. The van der Waals surface area contributed by atoms with E-state index in [2.05, 4.69) is 65.8 Å². The van der Waals surface area contributed by atoms with Crippen molar-refractivity contribution in [3.05, 3.63) is 24.3 Å². The van der Waals surface area contributed by atoms with Crippen LogP contribution in [0.3, 0.4) is 0 Å². The number of hydrogen-bond donors (Lipinski definition) is 0. The van der Waals surface area contributed by atoms with Crippen LogP contribution in [0.2, 0.25) is 0 Å². The van der Waals surface area contributed by atoms with Gasteiger partial charge in [-0.15, -0.1) is 0 Å². The number of fused-ring (bicyclic) bond motifs is 9. The van der Waals surface area contributed by atoms with Gasteiger partial charge in [-0.2, -0.15) is 0 Å². The summed E-state index contributed by atoms with van der Waals surface area (Å²) in [6, 6.07) is 9.29. The first-order chi connectivity index (χ1) is 13.7. The molecule has 5 aliphatic heterocycles. The van der Waals surface area contributed by atoms with Crippen molar-refractivity contribution in [3.8, 4) is 0 Å². The number of hydrogen-bond acceptors (Lipinski definition) is 4. The zero-order valence-electron chi connectivity index (χ0n) is 18.2. The molecular weight excluding hydrogens is 402 g/mol. The molecule has 1 aromatic rings. The molecule has 0 spiro atoms. The molecule has 0 bridgehead atoms. The molecule has 4 nitrogen and oxygen atoms in total. The summed E-state index contributed by atoms with van der Waals surface area (Å²) in [7, 11) is -0.628. The van der Waals surface area contributed by atoms with Crippen LogP contribution in [-0.2, 0) is 18.9 Å². The predicted molar refractivity (Wildman–Crippen MR) is 118 cm³/mol. The molecule has 4 fully saturated rings. The summed E-state index contributed by atoms with van der Waals surface area (Å²) in [5.41, 5.74) is 2.15. The predicted octanol–water partition coefficient (Wildman–Crippen LogP) is 3.89. The van der Waals surface area contributed by atoms with Crippen LogP contribution in [0.15, 0.2) is 24.3 Å². The molecule has 29 heavy (non-hydrogen) atoms. The van der Waals surface area contributed by atoms with Crippen molar-refractivity contribution >= 4 is 26.5 Å². The first kappa shape index (κ1) is 19.6. The molecule has 158 valence electrons. The van der Waals surface area contributed by atoms with Gasteiger partial charge in [0.1, 0.15) is 0 Å². The number of ether oxygens (including phenoxy) is 4. The van der Waals surface area contributed by atoms with Gasteiger partial charge in [0.2, 0.25) is 0 Å². The van der Waals surface area contributed by atoms with Gasteiger partial charge >= 0.3 is 0 Å². The van der Waals surface area contributed by atoms with Crippen molar-refractivity contribution in [1.29, 1.82) is 0 Å². The summed E-state index contributed by atoms with van der Waals surface area (Å²) in [4.78, 5) is 0. The molecule has 0 amide bonds. The summed E-state index contributed by atoms with van der Waals surface area (Å²) in [6.07, 6.45) is 2.02. The second kappa shape index (κ2) is 6.25. The highest BCUT2D eigenvalue weighted by Crippen LogP contribution is 2.69. The molecule has 5 aliphatic rings. The lowest BCUT2D eigenvalue weighted by molar-refractivity contribution is -0.149. The molecule has 0 aliphatic carbocycles. The first-order valence-electron chi connectivity index (χ1n) is 11.0. The van der Waals surface area contributed by atoms with Crippen molar-refractivity contribution in [2.24, 2.45) is 0 Å². The Morgan fingerprint density at radius 2 is 1.07 bits per heavy atom. The molecule has 0 aromatic heterocycles. The van der Waals surface area contributed by atoms with Gasteiger partial charge < -0.3 is 18.9 Å². The Morgan fingerprint density at radius 3 is 1.48 bits per heavy atom. The molecule has 0 N–H and O–H groups in total. The molecule has 5 heterocycles. The highest BCUT2D eigenvalue weighted by Gasteiger charge is 2.64. The zero-order valence-corrected chi connectivity index (χ0v) is 20.0. The van der Waals surface area contributed by atoms with Crippen LogP contribution >= 0.6 is 15.8 Å². The summed E-state index contributed by atoms with van der Waals surface area (Å²) >= 11 is 0. The summed E-state index contributed by atoms with van der Waals surface area (Å²) < 4.78 is 25.9. The summed E-state index contributed by atoms with van der Waals surface area (Å²) in [5, 5.41) is 3.22. The third-order valence-corrected chi connectivity index (χ3v) is 14.4. The monoisotopic (exact) mass is 434 g/mol. The normalized spacial score (nSPS) is 51.0. The maximum absolute atomic E-state index is 6.54. The van der Waals surface area contributed by atoms with Gasteiger partial charge in [-0.05, 0) is 44.7 Å². The molecular formula is C23H32O4P2. The van der Waals surface area contributed by atoms with Crippen LogP contribution in [0.4, 0.5) is 0 Å². The van der Waals surface area contributed by atoms with Crippen LogP contribution in [0.25, 0.3) is 0 Å². The van der Waals surface area contributed by atoms with E-state index in [0.29, 0.717) is 22.6 Å². The van der Waals surface area contributed by atoms with Crippen LogP contribution < -0.4 is 10.6 Å². The molecule has 1 unspecified atom stereocenters. The Hall–Kier alpha value is -0.0800. The molecule has 0 radical (unpaired) electrons.